The summed E-state index contributed by atoms with van der Waals surface area (Å²) in [5.41, 5.74) is 17.8. The first-order valence-electron chi connectivity index (χ1n) is 17.7. The van der Waals surface area contributed by atoms with Crippen molar-refractivity contribution in [2.45, 2.75) is 6.42 Å². The van der Waals surface area contributed by atoms with Crippen molar-refractivity contribution in [3.63, 3.8) is 0 Å². The third-order valence-electron chi connectivity index (χ3n) is 11.0. The molecule has 0 aliphatic heterocycles. The van der Waals surface area contributed by atoms with Gasteiger partial charge in [0.2, 0.25) is 0 Å². The number of hydrogen-bond donors (Lipinski definition) is 0. The van der Waals surface area contributed by atoms with Gasteiger partial charge in [0.1, 0.15) is 0 Å². The Balaban J connectivity index is 1.20. The van der Waals surface area contributed by atoms with Crippen LogP contribution in [-0.4, -0.2) is 9.13 Å². The van der Waals surface area contributed by atoms with Crippen LogP contribution >= 0.6 is 0 Å². The first-order chi connectivity index (χ1) is 25.3. The largest absolute Gasteiger partial charge is 0.309 e. The lowest BCUT2D eigenvalue weighted by Crippen LogP contribution is -1.99. The molecule has 11 rings (SSSR count). The molecule has 2 heteroatoms. The van der Waals surface area contributed by atoms with E-state index in [0.717, 1.165) is 6.42 Å². The minimum Gasteiger partial charge on any atom is -0.309 e. The zero-order valence-corrected chi connectivity index (χ0v) is 27.9. The van der Waals surface area contributed by atoms with Crippen LogP contribution in [0.3, 0.4) is 0 Å². The van der Waals surface area contributed by atoms with Gasteiger partial charge in [-0.05, 0) is 99.1 Å². The topological polar surface area (TPSA) is 9.86 Å². The summed E-state index contributed by atoms with van der Waals surface area (Å²) in [4.78, 5) is 0. The minimum atomic E-state index is 0.879. The van der Waals surface area contributed by atoms with Crippen LogP contribution in [0.15, 0.2) is 182 Å². The molecule has 0 amide bonds. The Morgan fingerprint density at radius 1 is 0.333 bits per heavy atom. The maximum absolute atomic E-state index is 2.53. The van der Waals surface area contributed by atoms with E-state index in [1.807, 2.05) is 0 Å². The quantitative estimate of drug-likeness (QED) is 0.180. The normalized spacial score (nSPS) is 12.2. The molecule has 0 atom stereocenters. The highest BCUT2D eigenvalue weighted by atomic mass is 15.0. The Kier molecular flexibility index (Phi) is 6.05. The van der Waals surface area contributed by atoms with Crippen LogP contribution in [0.25, 0.3) is 88.4 Å². The van der Waals surface area contributed by atoms with E-state index in [-0.39, 0.29) is 0 Å². The number of aromatic nitrogens is 2. The van der Waals surface area contributed by atoms with Crippen molar-refractivity contribution in [1.29, 1.82) is 0 Å². The van der Waals surface area contributed by atoms with E-state index < -0.39 is 0 Å². The molecule has 10 aromatic rings. The molecule has 238 valence electrons. The number of para-hydroxylation sites is 3. The van der Waals surface area contributed by atoms with Gasteiger partial charge in [0.25, 0.3) is 0 Å². The van der Waals surface area contributed by atoms with E-state index in [4.69, 9.17) is 0 Å². The van der Waals surface area contributed by atoms with Gasteiger partial charge in [0.15, 0.2) is 0 Å². The van der Waals surface area contributed by atoms with Gasteiger partial charge in [0.05, 0.1) is 27.8 Å². The van der Waals surface area contributed by atoms with Crippen LogP contribution in [0.1, 0.15) is 11.1 Å². The lowest BCUT2D eigenvalue weighted by atomic mass is 9.91. The van der Waals surface area contributed by atoms with E-state index in [9.17, 15) is 0 Å². The molecule has 0 fully saturated rings. The average Bonchev–Trinajstić information content (AvgIpc) is 3.86. The van der Waals surface area contributed by atoms with E-state index in [2.05, 4.69) is 191 Å². The van der Waals surface area contributed by atoms with E-state index in [1.54, 1.807) is 0 Å². The summed E-state index contributed by atoms with van der Waals surface area (Å²) < 4.78 is 4.95. The fourth-order valence-electron chi connectivity index (χ4n) is 8.81. The third-order valence-corrected chi connectivity index (χ3v) is 11.0. The molecule has 2 heterocycles. The average molecular weight is 649 g/mol. The molecule has 1 aliphatic rings. The predicted molar refractivity (Wildman–Crippen MR) is 214 cm³/mol. The van der Waals surface area contributed by atoms with Gasteiger partial charge < -0.3 is 9.13 Å². The smallest absolute Gasteiger partial charge is 0.0549 e. The molecule has 0 N–H and O–H groups in total. The van der Waals surface area contributed by atoms with Crippen LogP contribution in [0, 0.1) is 0 Å². The first kappa shape index (κ1) is 28.2. The fourth-order valence-corrected chi connectivity index (χ4v) is 8.81. The fraction of sp³-hybridized carbons (Fsp3) is 0.0204. The van der Waals surface area contributed by atoms with Crippen molar-refractivity contribution in [3.05, 3.63) is 193 Å². The molecule has 0 bridgehead atoms. The summed E-state index contributed by atoms with van der Waals surface area (Å²) in [6, 6.07) is 66.7. The van der Waals surface area contributed by atoms with Crippen LogP contribution < -0.4 is 0 Å². The summed E-state index contributed by atoms with van der Waals surface area (Å²) in [6.45, 7) is 0. The Morgan fingerprint density at radius 2 is 0.882 bits per heavy atom. The van der Waals surface area contributed by atoms with Gasteiger partial charge in [-0.15, -0.1) is 0 Å². The molecule has 2 aromatic heterocycles. The SMILES string of the molecule is c1ccc(-c2cc(-c3ccccc3)c3c(c2)-c2cccc(-n4c5ccccc5c5c6c7ccccc7n(-c7ccccc7)c6ccc54)c2C3)cc1. The molecule has 0 saturated heterocycles. The van der Waals surface area contributed by atoms with E-state index in [1.165, 1.54) is 99.5 Å². The van der Waals surface area contributed by atoms with E-state index in [0.29, 0.717) is 0 Å². The van der Waals surface area contributed by atoms with Crippen molar-refractivity contribution >= 4 is 43.6 Å². The molecule has 51 heavy (non-hydrogen) atoms. The first-order valence-corrected chi connectivity index (χ1v) is 17.7. The van der Waals surface area contributed by atoms with Crippen LogP contribution in [0.2, 0.25) is 0 Å². The molecule has 1 aliphatic carbocycles. The number of rotatable bonds is 4. The second-order valence-corrected chi connectivity index (χ2v) is 13.7. The van der Waals surface area contributed by atoms with Crippen LogP contribution in [0.5, 0.6) is 0 Å². The van der Waals surface area contributed by atoms with Crippen LogP contribution in [-0.2, 0) is 6.42 Å². The van der Waals surface area contributed by atoms with Gasteiger partial charge in [-0.2, -0.15) is 0 Å². The maximum Gasteiger partial charge on any atom is 0.0549 e. The van der Waals surface area contributed by atoms with Gasteiger partial charge in [0, 0.05) is 33.7 Å². The maximum atomic E-state index is 2.53. The molecule has 0 unspecified atom stereocenters. The minimum absolute atomic E-state index is 0.879. The molecule has 2 nitrogen and oxygen atoms in total. The summed E-state index contributed by atoms with van der Waals surface area (Å²) >= 11 is 0. The third kappa shape index (κ3) is 4.11. The number of fused-ring (bicyclic) bond motifs is 10. The van der Waals surface area contributed by atoms with Crippen LogP contribution in [0.4, 0.5) is 0 Å². The lowest BCUT2D eigenvalue weighted by molar-refractivity contribution is 1.12. The highest BCUT2D eigenvalue weighted by Gasteiger charge is 2.28. The number of benzene rings is 8. The lowest BCUT2D eigenvalue weighted by Gasteiger charge is -2.13. The van der Waals surface area contributed by atoms with Gasteiger partial charge in [-0.25, -0.2) is 0 Å². The van der Waals surface area contributed by atoms with Crippen molar-refractivity contribution in [3.8, 4) is 44.8 Å². The molecular formula is C49H32N2. The van der Waals surface area contributed by atoms with Gasteiger partial charge >= 0.3 is 0 Å². The molecule has 0 saturated carbocycles. The van der Waals surface area contributed by atoms with Crippen molar-refractivity contribution in [1.82, 2.24) is 9.13 Å². The summed E-state index contributed by atoms with van der Waals surface area (Å²) in [5, 5.41) is 5.16. The Morgan fingerprint density at radius 3 is 1.57 bits per heavy atom. The monoisotopic (exact) mass is 648 g/mol. The Hall–Kier alpha value is -6.64. The zero-order valence-electron chi connectivity index (χ0n) is 27.9. The summed E-state index contributed by atoms with van der Waals surface area (Å²) in [6.07, 6.45) is 0.879. The molecule has 8 aromatic carbocycles. The van der Waals surface area contributed by atoms with Crippen molar-refractivity contribution in [2.24, 2.45) is 0 Å². The Labute approximate surface area is 296 Å². The van der Waals surface area contributed by atoms with Crippen molar-refractivity contribution in [2.75, 3.05) is 0 Å². The number of nitrogens with zero attached hydrogens (tertiary/aromatic N) is 2. The van der Waals surface area contributed by atoms with Gasteiger partial charge in [-0.3, -0.25) is 0 Å². The predicted octanol–water partition coefficient (Wildman–Crippen LogP) is 12.8. The van der Waals surface area contributed by atoms with Crippen molar-refractivity contribution < 1.29 is 0 Å². The second kappa shape index (κ2) is 10.9. The standard InChI is InChI=1S/C49H32N2/c1-4-15-32(16-5-1)34-29-39(33-17-6-2-7-18-33)41-31-42-36(40(41)30-34)23-14-26-45(42)51-44-25-13-11-22-38(44)49-47(51)28-27-46-48(49)37-21-10-12-24-43(37)50(46)35-19-8-3-9-20-35/h1-30H,31H2. The highest BCUT2D eigenvalue weighted by Crippen LogP contribution is 2.48. The molecule has 0 spiro atoms. The highest BCUT2D eigenvalue weighted by molar-refractivity contribution is 6.29. The van der Waals surface area contributed by atoms with E-state index >= 15 is 0 Å². The summed E-state index contributed by atoms with van der Waals surface area (Å²) in [7, 11) is 0. The Bertz CT molecular complexity index is 2970. The van der Waals surface area contributed by atoms with Gasteiger partial charge in [-0.1, -0.05) is 127 Å². The summed E-state index contributed by atoms with van der Waals surface area (Å²) in [5.74, 6) is 0. The number of hydrogen-bond acceptors (Lipinski definition) is 0. The molecule has 0 radical (unpaired) electrons. The molecular weight excluding hydrogens is 617 g/mol. The zero-order chi connectivity index (χ0) is 33.5. The second-order valence-electron chi connectivity index (χ2n) is 13.7.